The van der Waals surface area contributed by atoms with Gasteiger partial charge in [-0.3, -0.25) is 9.59 Å². The van der Waals surface area contributed by atoms with Crippen molar-refractivity contribution in [2.45, 2.75) is 33.2 Å². The van der Waals surface area contributed by atoms with E-state index < -0.39 is 6.04 Å². The predicted octanol–water partition coefficient (Wildman–Crippen LogP) is 2.65. The van der Waals surface area contributed by atoms with Crippen molar-refractivity contribution in [1.29, 1.82) is 0 Å². The molecule has 1 unspecified atom stereocenters. The number of hydrogen-bond donors (Lipinski definition) is 1. The molecule has 114 valence electrons. The lowest BCUT2D eigenvalue weighted by atomic mass is 10.2. The minimum Gasteiger partial charge on any atom is -0.317 e. The van der Waals surface area contributed by atoms with Crippen molar-refractivity contribution in [3.05, 3.63) is 22.7 Å². The molecule has 0 radical (unpaired) electrons. The number of aryl methyl sites for hydroxylation is 1. The summed E-state index contributed by atoms with van der Waals surface area (Å²) < 4.78 is 0. The minimum absolute atomic E-state index is 0.0580. The van der Waals surface area contributed by atoms with Gasteiger partial charge in [0, 0.05) is 22.4 Å². The Bertz CT molecular complexity index is 568. The van der Waals surface area contributed by atoms with Crippen LogP contribution in [0.1, 0.15) is 25.1 Å². The fourth-order valence-corrected chi connectivity index (χ4v) is 3.90. The van der Waals surface area contributed by atoms with E-state index in [-0.39, 0.29) is 11.8 Å². The van der Waals surface area contributed by atoms with E-state index in [1.807, 2.05) is 19.9 Å². The van der Waals surface area contributed by atoms with Crippen LogP contribution in [0.15, 0.2) is 17.8 Å². The smallest absolute Gasteiger partial charge is 0.250 e. The number of nitrogens with one attached hydrogen (secondary N) is 1. The largest absolute Gasteiger partial charge is 0.317 e. The Morgan fingerprint density at radius 3 is 2.95 bits per heavy atom. The number of nitrogens with zero attached hydrogens (tertiary/aromatic N) is 2. The molecular formula is C14H19N3O2S2. The number of thiazole rings is 1. The topological polar surface area (TPSA) is 62.3 Å². The highest BCUT2D eigenvalue weighted by atomic mass is 32.2. The highest BCUT2D eigenvalue weighted by Crippen LogP contribution is 2.25. The number of carbonyl (C=O) groups excluding carboxylic acids is 2. The van der Waals surface area contributed by atoms with E-state index >= 15 is 0 Å². The molecule has 1 aliphatic heterocycles. The molecule has 2 amide bonds. The van der Waals surface area contributed by atoms with Crippen molar-refractivity contribution in [3.63, 3.8) is 0 Å². The standard InChI is InChI=1S/C14H19N3O2S2/c1-4-5-9(2)13(19)17-8-20-7-11(17)12(18)16-14-15-6-10(3)21-14/h5-6,11H,4,7-8H2,1-3H3,(H,15,16,18). The molecule has 1 aliphatic rings. The van der Waals surface area contributed by atoms with E-state index in [0.29, 0.717) is 22.3 Å². The van der Waals surface area contributed by atoms with Crippen LogP contribution in [0.3, 0.4) is 0 Å². The van der Waals surface area contributed by atoms with Crippen molar-refractivity contribution in [3.8, 4) is 0 Å². The van der Waals surface area contributed by atoms with Crippen LogP contribution >= 0.6 is 23.1 Å². The SMILES string of the molecule is CCC=C(C)C(=O)N1CSCC1C(=O)Nc1ncc(C)s1. The summed E-state index contributed by atoms with van der Waals surface area (Å²) >= 11 is 3.03. The maximum Gasteiger partial charge on any atom is 0.250 e. The maximum atomic E-state index is 12.4. The van der Waals surface area contributed by atoms with Gasteiger partial charge in [-0.25, -0.2) is 4.98 Å². The number of allylic oxidation sites excluding steroid dienone is 1. The first-order chi connectivity index (χ1) is 10.0. The van der Waals surface area contributed by atoms with Gasteiger partial charge in [-0.05, 0) is 20.3 Å². The van der Waals surface area contributed by atoms with Crippen LogP contribution in [0.2, 0.25) is 0 Å². The highest BCUT2D eigenvalue weighted by molar-refractivity contribution is 7.99. The second-order valence-corrected chi connectivity index (χ2v) is 7.09. The molecule has 1 aromatic heterocycles. The van der Waals surface area contributed by atoms with E-state index in [4.69, 9.17) is 0 Å². The number of anilines is 1. The summed E-state index contributed by atoms with van der Waals surface area (Å²) in [6.07, 6.45) is 4.43. The molecule has 0 aromatic carbocycles. The number of carbonyl (C=O) groups is 2. The molecule has 2 heterocycles. The molecule has 1 aromatic rings. The fourth-order valence-electron chi connectivity index (χ4n) is 2.08. The van der Waals surface area contributed by atoms with Gasteiger partial charge in [0.25, 0.3) is 5.91 Å². The summed E-state index contributed by atoms with van der Waals surface area (Å²) in [5, 5.41) is 3.39. The molecule has 5 nitrogen and oxygen atoms in total. The zero-order valence-electron chi connectivity index (χ0n) is 12.4. The molecule has 1 fully saturated rings. The fraction of sp³-hybridized carbons (Fsp3) is 0.500. The molecule has 7 heteroatoms. The van der Waals surface area contributed by atoms with Gasteiger partial charge in [0.1, 0.15) is 6.04 Å². The van der Waals surface area contributed by atoms with Gasteiger partial charge in [0.15, 0.2) is 5.13 Å². The lowest BCUT2D eigenvalue weighted by Gasteiger charge is -2.23. The van der Waals surface area contributed by atoms with Crippen molar-refractivity contribution in [2.75, 3.05) is 16.9 Å². The highest BCUT2D eigenvalue weighted by Gasteiger charge is 2.35. The first-order valence-electron chi connectivity index (χ1n) is 6.81. The van der Waals surface area contributed by atoms with E-state index in [0.717, 1.165) is 11.3 Å². The van der Waals surface area contributed by atoms with Crippen molar-refractivity contribution >= 4 is 40.0 Å². The number of hydrogen-bond acceptors (Lipinski definition) is 5. The Hall–Kier alpha value is -1.34. The van der Waals surface area contributed by atoms with Gasteiger partial charge in [0.05, 0.1) is 5.88 Å². The Labute approximate surface area is 132 Å². The molecule has 2 rings (SSSR count). The average Bonchev–Trinajstić information content (AvgIpc) is 3.07. The van der Waals surface area contributed by atoms with Crippen molar-refractivity contribution in [2.24, 2.45) is 0 Å². The monoisotopic (exact) mass is 325 g/mol. The van der Waals surface area contributed by atoms with Crippen LogP contribution in [0.4, 0.5) is 5.13 Å². The third-order valence-electron chi connectivity index (χ3n) is 3.14. The van der Waals surface area contributed by atoms with E-state index in [1.54, 1.807) is 29.8 Å². The molecule has 1 N–H and O–H groups in total. The van der Waals surface area contributed by atoms with Gasteiger partial charge < -0.3 is 10.2 Å². The van der Waals surface area contributed by atoms with Gasteiger partial charge >= 0.3 is 0 Å². The zero-order valence-corrected chi connectivity index (χ0v) is 14.0. The van der Waals surface area contributed by atoms with Crippen LogP contribution in [0, 0.1) is 6.92 Å². The van der Waals surface area contributed by atoms with Gasteiger partial charge in [-0.2, -0.15) is 0 Å². The van der Waals surface area contributed by atoms with Crippen LogP contribution in [0.25, 0.3) is 0 Å². The predicted molar refractivity (Wildman–Crippen MR) is 87.5 cm³/mol. The Morgan fingerprint density at radius 2 is 2.33 bits per heavy atom. The van der Waals surface area contributed by atoms with Gasteiger partial charge in [-0.15, -0.1) is 23.1 Å². The molecule has 0 aliphatic carbocycles. The van der Waals surface area contributed by atoms with Crippen LogP contribution in [-0.2, 0) is 9.59 Å². The quantitative estimate of drug-likeness (QED) is 0.865. The van der Waals surface area contributed by atoms with Crippen LogP contribution in [-0.4, -0.2) is 39.4 Å². The zero-order chi connectivity index (χ0) is 15.4. The summed E-state index contributed by atoms with van der Waals surface area (Å²) in [6.45, 7) is 5.73. The second kappa shape index (κ2) is 7.09. The Morgan fingerprint density at radius 1 is 1.57 bits per heavy atom. The Balaban J connectivity index is 2.05. The third-order valence-corrected chi connectivity index (χ3v) is 4.99. The van der Waals surface area contributed by atoms with Crippen LogP contribution < -0.4 is 5.32 Å². The van der Waals surface area contributed by atoms with Crippen LogP contribution in [0.5, 0.6) is 0 Å². The molecule has 0 bridgehead atoms. The van der Waals surface area contributed by atoms with Gasteiger partial charge in [-0.1, -0.05) is 13.0 Å². The molecular weight excluding hydrogens is 306 g/mol. The van der Waals surface area contributed by atoms with Crippen molar-refractivity contribution in [1.82, 2.24) is 9.88 Å². The number of amides is 2. The molecule has 1 atom stereocenters. The second-order valence-electron chi connectivity index (χ2n) is 4.85. The molecule has 0 saturated carbocycles. The summed E-state index contributed by atoms with van der Waals surface area (Å²) in [7, 11) is 0. The normalized spacial score (nSPS) is 18.9. The summed E-state index contributed by atoms with van der Waals surface area (Å²) in [6, 6.07) is -0.424. The minimum atomic E-state index is -0.424. The molecule has 1 saturated heterocycles. The molecule has 21 heavy (non-hydrogen) atoms. The lowest BCUT2D eigenvalue weighted by Crippen LogP contribution is -2.44. The van der Waals surface area contributed by atoms with Gasteiger partial charge in [0.2, 0.25) is 5.91 Å². The lowest BCUT2D eigenvalue weighted by molar-refractivity contribution is -0.133. The van der Waals surface area contributed by atoms with Crippen molar-refractivity contribution < 1.29 is 9.59 Å². The van der Waals surface area contributed by atoms with E-state index in [2.05, 4.69) is 10.3 Å². The van der Waals surface area contributed by atoms with E-state index in [9.17, 15) is 9.59 Å². The number of aromatic nitrogens is 1. The molecule has 0 spiro atoms. The average molecular weight is 325 g/mol. The third kappa shape index (κ3) is 3.85. The Kier molecular flexibility index (Phi) is 5.41. The van der Waals surface area contributed by atoms with E-state index in [1.165, 1.54) is 11.3 Å². The summed E-state index contributed by atoms with van der Waals surface area (Å²) in [5.74, 6) is 0.966. The number of rotatable bonds is 4. The number of thioether (sulfide) groups is 1. The summed E-state index contributed by atoms with van der Waals surface area (Å²) in [5.41, 5.74) is 0.697. The summed E-state index contributed by atoms with van der Waals surface area (Å²) in [4.78, 5) is 31.5. The first kappa shape index (κ1) is 16.0. The first-order valence-corrected chi connectivity index (χ1v) is 8.78. The maximum absolute atomic E-state index is 12.4.